The molecule has 0 spiro atoms. The van der Waals surface area contributed by atoms with Gasteiger partial charge in [-0.1, -0.05) is 28.0 Å². The van der Waals surface area contributed by atoms with Gasteiger partial charge in [-0.3, -0.25) is 0 Å². The molecule has 0 fully saturated rings. The number of amidine groups is 1. The van der Waals surface area contributed by atoms with E-state index in [4.69, 9.17) is 10.9 Å². The third kappa shape index (κ3) is 3.37. The van der Waals surface area contributed by atoms with E-state index in [2.05, 4.69) is 26.4 Å². The van der Waals surface area contributed by atoms with Crippen molar-refractivity contribution in [2.75, 3.05) is 11.9 Å². The molecule has 0 saturated carbocycles. The molecule has 1 aromatic rings. The summed E-state index contributed by atoms with van der Waals surface area (Å²) in [5, 5.41) is 14.2. The molecule has 6 heteroatoms. The maximum Gasteiger partial charge on any atom is 0.146 e. The standard InChI is InChI=1S/C10H13BrFN3O/c1-6(10(13)15-16)5-14-9-4-7(11)2-3-8(9)12/h2-4,6,14,16H,5H2,1H3,(H2,13,15). The summed E-state index contributed by atoms with van der Waals surface area (Å²) < 4.78 is 14.1. The Morgan fingerprint density at radius 2 is 2.38 bits per heavy atom. The Balaban J connectivity index is 2.64. The molecule has 0 saturated heterocycles. The number of halogens is 2. The van der Waals surface area contributed by atoms with Gasteiger partial charge in [-0.05, 0) is 18.2 Å². The largest absolute Gasteiger partial charge is 0.409 e. The number of anilines is 1. The fourth-order valence-electron chi connectivity index (χ4n) is 1.10. The van der Waals surface area contributed by atoms with E-state index in [1.54, 1.807) is 19.1 Å². The summed E-state index contributed by atoms with van der Waals surface area (Å²) in [5.74, 6) is -0.402. The third-order valence-electron chi connectivity index (χ3n) is 2.15. The van der Waals surface area contributed by atoms with Crippen molar-refractivity contribution < 1.29 is 9.60 Å². The summed E-state index contributed by atoms with van der Waals surface area (Å²) in [5.41, 5.74) is 5.79. The predicted molar refractivity (Wildman–Crippen MR) is 65.2 cm³/mol. The molecule has 0 aliphatic carbocycles. The van der Waals surface area contributed by atoms with Gasteiger partial charge in [-0.15, -0.1) is 0 Å². The van der Waals surface area contributed by atoms with Crippen LogP contribution in [0.25, 0.3) is 0 Å². The van der Waals surface area contributed by atoms with E-state index in [0.29, 0.717) is 12.2 Å². The minimum absolute atomic E-state index is 0.114. The summed E-state index contributed by atoms with van der Waals surface area (Å²) in [6.45, 7) is 2.17. The molecule has 0 bridgehead atoms. The Bertz CT molecular complexity index is 398. The molecule has 1 aromatic carbocycles. The van der Waals surface area contributed by atoms with Gasteiger partial charge in [0.25, 0.3) is 0 Å². The Morgan fingerprint density at radius 1 is 1.69 bits per heavy atom. The highest BCUT2D eigenvalue weighted by molar-refractivity contribution is 9.10. The fraction of sp³-hybridized carbons (Fsp3) is 0.300. The minimum Gasteiger partial charge on any atom is -0.409 e. The lowest BCUT2D eigenvalue weighted by atomic mass is 10.1. The first-order valence-electron chi connectivity index (χ1n) is 4.71. The molecule has 16 heavy (non-hydrogen) atoms. The summed E-state index contributed by atoms with van der Waals surface area (Å²) in [6.07, 6.45) is 0. The van der Waals surface area contributed by atoms with Crippen LogP contribution in [0.5, 0.6) is 0 Å². The van der Waals surface area contributed by atoms with E-state index in [1.807, 2.05) is 0 Å². The van der Waals surface area contributed by atoms with Crippen LogP contribution in [0.3, 0.4) is 0 Å². The summed E-state index contributed by atoms with van der Waals surface area (Å²) in [4.78, 5) is 0. The number of rotatable bonds is 4. The highest BCUT2D eigenvalue weighted by Gasteiger charge is 2.09. The van der Waals surface area contributed by atoms with Crippen LogP contribution in [-0.2, 0) is 0 Å². The van der Waals surface area contributed by atoms with Crippen LogP contribution in [-0.4, -0.2) is 17.6 Å². The van der Waals surface area contributed by atoms with Crippen molar-refractivity contribution in [1.82, 2.24) is 0 Å². The van der Waals surface area contributed by atoms with Gasteiger partial charge in [0.15, 0.2) is 0 Å². The van der Waals surface area contributed by atoms with E-state index in [1.165, 1.54) is 6.07 Å². The number of hydrogen-bond acceptors (Lipinski definition) is 3. The zero-order valence-corrected chi connectivity index (χ0v) is 10.3. The van der Waals surface area contributed by atoms with Crippen molar-refractivity contribution >= 4 is 27.5 Å². The molecule has 0 heterocycles. The van der Waals surface area contributed by atoms with Gasteiger partial charge in [0, 0.05) is 16.9 Å². The zero-order valence-electron chi connectivity index (χ0n) is 8.74. The summed E-state index contributed by atoms with van der Waals surface area (Å²) in [7, 11) is 0. The van der Waals surface area contributed by atoms with E-state index < -0.39 is 0 Å². The number of hydrogen-bond donors (Lipinski definition) is 3. The SMILES string of the molecule is CC(CNc1cc(Br)ccc1F)C(N)=NO. The van der Waals surface area contributed by atoms with Gasteiger partial charge in [0.1, 0.15) is 11.7 Å². The first-order valence-corrected chi connectivity index (χ1v) is 5.50. The van der Waals surface area contributed by atoms with Gasteiger partial charge in [-0.2, -0.15) is 0 Å². The van der Waals surface area contributed by atoms with E-state index in [0.717, 1.165) is 4.47 Å². The predicted octanol–water partition coefficient (Wildman–Crippen LogP) is 2.38. The smallest absolute Gasteiger partial charge is 0.146 e. The van der Waals surface area contributed by atoms with Gasteiger partial charge in [-0.25, -0.2) is 4.39 Å². The first kappa shape index (κ1) is 12.8. The molecule has 0 aliphatic heterocycles. The van der Waals surface area contributed by atoms with Crippen LogP contribution in [0.15, 0.2) is 27.8 Å². The molecule has 88 valence electrons. The summed E-state index contributed by atoms with van der Waals surface area (Å²) in [6, 6.07) is 4.61. The third-order valence-corrected chi connectivity index (χ3v) is 2.64. The molecule has 0 radical (unpaired) electrons. The molecule has 0 aromatic heterocycles. The lowest BCUT2D eigenvalue weighted by Crippen LogP contribution is -2.27. The highest BCUT2D eigenvalue weighted by atomic mass is 79.9. The first-order chi connectivity index (χ1) is 7.54. The van der Waals surface area contributed by atoms with Gasteiger partial charge in [0.2, 0.25) is 0 Å². The number of oxime groups is 1. The second-order valence-corrected chi connectivity index (χ2v) is 4.35. The number of nitrogens with one attached hydrogen (secondary N) is 1. The second-order valence-electron chi connectivity index (χ2n) is 3.43. The van der Waals surface area contributed by atoms with Crippen LogP contribution in [0, 0.1) is 11.7 Å². The van der Waals surface area contributed by atoms with E-state index in [9.17, 15) is 4.39 Å². The molecule has 4 nitrogen and oxygen atoms in total. The normalized spacial score (nSPS) is 13.6. The average molecular weight is 290 g/mol. The molecule has 1 atom stereocenters. The second kappa shape index (κ2) is 5.69. The molecule has 0 aliphatic rings. The minimum atomic E-state index is -0.338. The fourth-order valence-corrected chi connectivity index (χ4v) is 1.46. The Morgan fingerprint density at radius 3 is 3.00 bits per heavy atom. The van der Waals surface area contributed by atoms with Crippen LogP contribution in [0.1, 0.15) is 6.92 Å². The van der Waals surface area contributed by atoms with Crippen molar-refractivity contribution in [3.8, 4) is 0 Å². The van der Waals surface area contributed by atoms with Crippen LogP contribution >= 0.6 is 15.9 Å². The average Bonchev–Trinajstić information content (AvgIpc) is 2.28. The van der Waals surface area contributed by atoms with Crippen LogP contribution < -0.4 is 11.1 Å². The van der Waals surface area contributed by atoms with E-state index >= 15 is 0 Å². The van der Waals surface area contributed by atoms with Crippen molar-refractivity contribution in [1.29, 1.82) is 0 Å². The van der Waals surface area contributed by atoms with Gasteiger partial charge in [0.05, 0.1) is 5.69 Å². The maximum atomic E-state index is 13.3. The lowest BCUT2D eigenvalue weighted by Gasteiger charge is -2.12. The van der Waals surface area contributed by atoms with Crippen molar-refractivity contribution in [3.05, 3.63) is 28.5 Å². The van der Waals surface area contributed by atoms with Crippen molar-refractivity contribution in [2.45, 2.75) is 6.92 Å². The number of nitrogens with zero attached hydrogens (tertiary/aromatic N) is 1. The number of nitrogens with two attached hydrogens (primary N) is 1. The topological polar surface area (TPSA) is 70.6 Å². The van der Waals surface area contributed by atoms with Crippen molar-refractivity contribution in [3.63, 3.8) is 0 Å². The molecule has 1 unspecified atom stereocenters. The van der Waals surface area contributed by atoms with E-state index in [-0.39, 0.29) is 17.6 Å². The molecule has 4 N–H and O–H groups in total. The summed E-state index contributed by atoms with van der Waals surface area (Å²) >= 11 is 3.25. The Kier molecular flexibility index (Phi) is 4.54. The quantitative estimate of drug-likeness (QED) is 0.345. The van der Waals surface area contributed by atoms with Gasteiger partial charge < -0.3 is 16.3 Å². The molecular formula is C10H13BrFN3O. The molecule has 0 amide bonds. The Hall–Kier alpha value is -1.30. The lowest BCUT2D eigenvalue weighted by molar-refractivity contribution is 0.315. The monoisotopic (exact) mass is 289 g/mol. The molecule has 1 rings (SSSR count). The molecular weight excluding hydrogens is 277 g/mol. The zero-order chi connectivity index (χ0) is 12.1. The van der Waals surface area contributed by atoms with Crippen LogP contribution in [0.4, 0.5) is 10.1 Å². The highest BCUT2D eigenvalue weighted by Crippen LogP contribution is 2.20. The number of benzene rings is 1. The van der Waals surface area contributed by atoms with Crippen LogP contribution in [0.2, 0.25) is 0 Å². The Labute approximate surface area is 101 Å². The van der Waals surface area contributed by atoms with Crippen molar-refractivity contribution in [2.24, 2.45) is 16.8 Å². The van der Waals surface area contributed by atoms with Gasteiger partial charge >= 0.3 is 0 Å². The maximum absolute atomic E-state index is 13.3.